The maximum Gasteiger partial charge on any atom is 0.0724 e. The summed E-state index contributed by atoms with van der Waals surface area (Å²) < 4.78 is 0. The van der Waals surface area contributed by atoms with Gasteiger partial charge in [0.05, 0.1) is 11.4 Å². The second kappa shape index (κ2) is 4.05. The molecule has 1 N–H and O–H groups in total. The Morgan fingerprint density at radius 2 is 2.14 bits per heavy atom. The van der Waals surface area contributed by atoms with Crippen molar-refractivity contribution >= 4 is 0 Å². The Labute approximate surface area is 85.0 Å². The molecule has 0 aromatic carbocycles. The molecule has 0 saturated heterocycles. The van der Waals surface area contributed by atoms with Crippen molar-refractivity contribution in [2.45, 2.75) is 39.3 Å². The monoisotopic (exact) mass is 191 g/mol. The molecule has 1 aromatic rings. The van der Waals surface area contributed by atoms with Gasteiger partial charge in [0, 0.05) is 25.0 Å². The summed E-state index contributed by atoms with van der Waals surface area (Å²) in [5.74, 6) is 0.900. The number of rotatable bonds is 3. The topological polar surface area (TPSA) is 37.8 Å². The minimum atomic E-state index is 0.702. The zero-order chi connectivity index (χ0) is 9.97. The fourth-order valence-electron chi connectivity index (χ4n) is 1.83. The van der Waals surface area contributed by atoms with E-state index < -0.39 is 0 Å². The highest BCUT2D eigenvalue weighted by atomic mass is 15.0. The van der Waals surface area contributed by atoms with E-state index in [0.29, 0.717) is 6.04 Å². The summed E-state index contributed by atoms with van der Waals surface area (Å²) in [6, 6.07) is 0.702. The molecule has 0 spiro atoms. The lowest BCUT2D eigenvalue weighted by Gasteiger charge is -2.33. The Bertz CT molecular complexity index is 288. The van der Waals surface area contributed by atoms with Gasteiger partial charge in [-0.2, -0.15) is 0 Å². The fourth-order valence-corrected chi connectivity index (χ4v) is 1.83. The van der Waals surface area contributed by atoms with E-state index in [1.165, 1.54) is 12.8 Å². The van der Waals surface area contributed by atoms with Gasteiger partial charge in [-0.3, -0.25) is 9.97 Å². The van der Waals surface area contributed by atoms with E-state index in [0.717, 1.165) is 23.9 Å². The maximum absolute atomic E-state index is 4.30. The van der Waals surface area contributed by atoms with Gasteiger partial charge in [-0.05, 0) is 25.7 Å². The van der Waals surface area contributed by atoms with Crippen molar-refractivity contribution in [2.24, 2.45) is 5.92 Å². The van der Waals surface area contributed by atoms with Gasteiger partial charge in [-0.25, -0.2) is 0 Å². The first-order chi connectivity index (χ1) is 6.74. The molecule has 0 amide bonds. The van der Waals surface area contributed by atoms with Gasteiger partial charge < -0.3 is 5.32 Å². The molecule has 1 saturated carbocycles. The summed E-state index contributed by atoms with van der Waals surface area (Å²) in [6.07, 6.45) is 6.28. The highest BCUT2D eigenvalue weighted by Crippen LogP contribution is 2.26. The molecule has 3 heteroatoms. The number of nitrogens with one attached hydrogen (secondary N) is 1. The zero-order valence-electron chi connectivity index (χ0n) is 8.83. The van der Waals surface area contributed by atoms with Gasteiger partial charge in [0.2, 0.25) is 0 Å². The Balaban J connectivity index is 1.78. The Morgan fingerprint density at radius 1 is 1.36 bits per heavy atom. The fraction of sp³-hybridized carbons (Fsp3) is 0.636. The van der Waals surface area contributed by atoms with Crippen molar-refractivity contribution in [1.29, 1.82) is 0 Å². The molecular formula is C11H17N3. The van der Waals surface area contributed by atoms with Gasteiger partial charge in [0.1, 0.15) is 0 Å². The predicted octanol–water partition coefficient (Wildman–Crippen LogP) is 1.67. The summed E-state index contributed by atoms with van der Waals surface area (Å²) in [5, 5.41) is 3.48. The molecule has 0 radical (unpaired) electrons. The van der Waals surface area contributed by atoms with Crippen LogP contribution < -0.4 is 5.32 Å². The lowest BCUT2D eigenvalue weighted by Crippen LogP contribution is -2.39. The van der Waals surface area contributed by atoms with Crippen LogP contribution in [0.25, 0.3) is 0 Å². The van der Waals surface area contributed by atoms with Crippen LogP contribution in [0, 0.1) is 12.8 Å². The zero-order valence-corrected chi connectivity index (χ0v) is 8.83. The number of aryl methyl sites for hydroxylation is 1. The summed E-state index contributed by atoms with van der Waals surface area (Å²) in [7, 11) is 0. The first kappa shape index (κ1) is 9.59. The van der Waals surface area contributed by atoms with Gasteiger partial charge in [0.15, 0.2) is 0 Å². The molecule has 1 heterocycles. The largest absolute Gasteiger partial charge is 0.308 e. The molecule has 0 bridgehead atoms. The van der Waals surface area contributed by atoms with E-state index in [2.05, 4.69) is 22.2 Å². The molecule has 3 nitrogen and oxygen atoms in total. The average Bonchev–Trinajstić information content (AvgIpc) is 2.13. The van der Waals surface area contributed by atoms with E-state index in [1.807, 2.05) is 19.3 Å². The third kappa shape index (κ3) is 2.29. The highest BCUT2D eigenvalue weighted by Gasteiger charge is 2.24. The number of aromatic nitrogens is 2. The smallest absolute Gasteiger partial charge is 0.0724 e. The van der Waals surface area contributed by atoms with Crippen LogP contribution in [-0.2, 0) is 6.54 Å². The van der Waals surface area contributed by atoms with Crippen LogP contribution in [0.2, 0.25) is 0 Å². The first-order valence-electron chi connectivity index (χ1n) is 5.25. The van der Waals surface area contributed by atoms with Crippen LogP contribution in [0.4, 0.5) is 0 Å². The quantitative estimate of drug-likeness (QED) is 0.789. The number of hydrogen-bond donors (Lipinski definition) is 1. The van der Waals surface area contributed by atoms with E-state index in [1.54, 1.807) is 0 Å². The van der Waals surface area contributed by atoms with Gasteiger partial charge in [-0.15, -0.1) is 0 Å². The normalized spacial score (nSPS) is 25.9. The van der Waals surface area contributed by atoms with Gasteiger partial charge in [-0.1, -0.05) is 6.92 Å². The third-order valence-electron chi connectivity index (χ3n) is 2.78. The average molecular weight is 191 g/mol. The summed E-state index contributed by atoms with van der Waals surface area (Å²) in [5.41, 5.74) is 2.01. The standard InChI is InChI=1S/C11H17N3/c1-8-3-10(4-8)14-7-11-6-12-9(2)5-13-11/h5-6,8,10,14H,3-4,7H2,1-2H3. The number of nitrogens with zero attached hydrogens (tertiary/aromatic N) is 2. The molecule has 0 unspecified atom stereocenters. The van der Waals surface area contributed by atoms with Crippen molar-refractivity contribution in [2.75, 3.05) is 0 Å². The van der Waals surface area contributed by atoms with Crippen LogP contribution in [-0.4, -0.2) is 16.0 Å². The molecule has 14 heavy (non-hydrogen) atoms. The Hall–Kier alpha value is -0.960. The van der Waals surface area contributed by atoms with Gasteiger partial charge in [0.25, 0.3) is 0 Å². The van der Waals surface area contributed by atoms with Crippen LogP contribution >= 0.6 is 0 Å². The van der Waals surface area contributed by atoms with Crippen molar-refractivity contribution in [3.05, 3.63) is 23.8 Å². The van der Waals surface area contributed by atoms with Crippen molar-refractivity contribution in [3.63, 3.8) is 0 Å². The Kier molecular flexibility index (Phi) is 2.77. The van der Waals surface area contributed by atoms with Crippen molar-refractivity contribution in [3.8, 4) is 0 Å². The van der Waals surface area contributed by atoms with E-state index in [-0.39, 0.29) is 0 Å². The molecule has 1 fully saturated rings. The lowest BCUT2D eigenvalue weighted by molar-refractivity contribution is 0.239. The molecule has 1 aliphatic rings. The van der Waals surface area contributed by atoms with Crippen LogP contribution in [0.15, 0.2) is 12.4 Å². The van der Waals surface area contributed by atoms with E-state index in [9.17, 15) is 0 Å². The summed E-state index contributed by atoms with van der Waals surface area (Å²) >= 11 is 0. The minimum absolute atomic E-state index is 0.702. The first-order valence-corrected chi connectivity index (χ1v) is 5.25. The van der Waals surface area contributed by atoms with Gasteiger partial charge >= 0.3 is 0 Å². The molecular weight excluding hydrogens is 174 g/mol. The highest BCUT2D eigenvalue weighted by molar-refractivity contribution is 5.00. The maximum atomic E-state index is 4.30. The molecule has 1 aliphatic carbocycles. The van der Waals surface area contributed by atoms with Crippen LogP contribution in [0.5, 0.6) is 0 Å². The third-order valence-corrected chi connectivity index (χ3v) is 2.78. The van der Waals surface area contributed by atoms with E-state index >= 15 is 0 Å². The lowest BCUT2D eigenvalue weighted by atomic mass is 9.82. The molecule has 1 aromatic heterocycles. The Morgan fingerprint density at radius 3 is 2.71 bits per heavy atom. The second-order valence-corrected chi connectivity index (χ2v) is 4.30. The van der Waals surface area contributed by atoms with Crippen molar-refractivity contribution < 1.29 is 0 Å². The molecule has 0 aliphatic heterocycles. The minimum Gasteiger partial charge on any atom is -0.308 e. The second-order valence-electron chi connectivity index (χ2n) is 4.30. The van der Waals surface area contributed by atoms with E-state index in [4.69, 9.17) is 0 Å². The molecule has 76 valence electrons. The van der Waals surface area contributed by atoms with Crippen molar-refractivity contribution in [1.82, 2.24) is 15.3 Å². The molecule has 2 rings (SSSR count). The summed E-state index contributed by atoms with van der Waals surface area (Å²) in [4.78, 5) is 8.52. The SMILES string of the molecule is Cc1cnc(CNC2CC(C)C2)cn1. The van der Waals surface area contributed by atoms with Crippen LogP contribution in [0.3, 0.4) is 0 Å². The summed E-state index contributed by atoms with van der Waals surface area (Å²) in [6.45, 7) is 5.10. The molecule has 0 atom stereocenters. The van der Waals surface area contributed by atoms with Crippen LogP contribution in [0.1, 0.15) is 31.2 Å². The number of hydrogen-bond acceptors (Lipinski definition) is 3. The predicted molar refractivity (Wildman–Crippen MR) is 55.8 cm³/mol.